The van der Waals surface area contributed by atoms with Crippen molar-refractivity contribution < 1.29 is 14.8 Å². The average molecular weight is 357 g/mol. The number of allylic oxidation sites excluding steroid dienone is 1. The van der Waals surface area contributed by atoms with Gasteiger partial charge in [0.2, 0.25) is 0 Å². The zero-order valence-corrected chi connectivity index (χ0v) is 13.0. The van der Waals surface area contributed by atoms with Gasteiger partial charge in [0, 0.05) is 18.3 Å². The summed E-state index contributed by atoms with van der Waals surface area (Å²) in [5, 5.41) is 36.3. The van der Waals surface area contributed by atoms with E-state index in [0.717, 1.165) is 12.1 Å². The summed E-state index contributed by atoms with van der Waals surface area (Å²) in [6.45, 7) is 0. The zero-order valence-electron chi connectivity index (χ0n) is 13.0. The van der Waals surface area contributed by atoms with Crippen LogP contribution in [0, 0.1) is 30.3 Å². The van der Waals surface area contributed by atoms with Gasteiger partial charge in [-0.25, -0.2) is 0 Å². The number of para-hydroxylation sites is 1. The second-order valence-corrected chi connectivity index (χ2v) is 4.78. The molecule has 0 spiro atoms. The van der Waals surface area contributed by atoms with Crippen LogP contribution in [0.4, 0.5) is 22.7 Å². The molecular formula is C15H11N5O6. The summed E-state index contributed by atoms with van der Waals surface area (Å²) in [5.74, 6) is 0. The molecule has 0 radical (unpaired) electrons. The lowest BCUT2D eigenvalue weighted by atomic mass is 10.2. The van der Waals surface area contributed by atoms with Gasteiger partial charge in [0.15, 0.2) is 0 Å². The van der Waals surface area contributed by atoms with E-state index < -0.39 is 26.1 Å². The summed E-state index contributed by atoms with van der Waals surface area (Å²) in [5.41, 5.74) is 1.75. The first-order chi connectivity index (χ1) is 12.4. The number of non-ortho nitro benzene ring substituents is 1. The first kappa shape index (κ1) is 18.2. The highest BCUT2D eigenvalue weighted by molar-refractivity contribution is 5.80. The first-order valence-corrected chi connectivity index (χ1v) is 7.02. The van der Waals surface area contributed by atoms with E-state index in [2.05, 4.69) is 10.5 Å². The summed E-state index contributed by atoms with van der Waals surface area (Å²) in [4.78, 5) is 30.5. The molecule has 0 amide bonds. The lowest BCUT2D eigenvalue weighted by Gasteiger charge is -2.01. The Morgan fingerprint density at radius 2 is 1.58 bits per heavy atom. The Labute approximate surface area is 145 Å². The van der Waals surface area contributed by atoms with E-state index in [4.69, 9.17) is 0 Å². The van der Waals surface area contributed by atoms with Crippen molar-refractivity contribution in [3.63, 3.8) is 0 Å². The number of nitrogens with one attached hydrogen (secondary N) is 1. The van der Waals surface area contributed by atoms with Gasteiger partial charge in [0.25, 0.3) is 11.4 Å². The largest absolute Gasteiger partial charge is 0.301 e. The topological polar surface area (TPSA) is 154 Å². The molecule has 11 nitrogen and oxygen atoms in total. The number of hydrazone groups is 1. The quantitative estimate of drug-likeness (QED) is 0.451. The molecule has 132 valence electrons. The molecule has 0 aliphatic carbocycles. The Bertz CT molecular complexity index is 924. The summed E-state index contributed by atoms with van der Waals surface area (Å²) < 4.78 is 0. The minimum absolute atomic E-state index is 0.0315. The molecule has 2 aromatic rings. The molecule has 11 heteroatoms. The molecule has 0 unspecified atom stereocenters. The molecule has 2 aromatic carbocycles. The summed E-state index contributed by atoms with van der Waals surface area (Å²) in [7, 11) is 0. The van der Waals surface area contributed by atoms with Gasteiger partial charge in [0.05, 0.1) is 26.4 Å². The van der Waals surface area contributed by atoms with Gasteiger partial charge in [-0.05, 0) is 24.3 Å². The van der Waals surface area contributed by atoms with Crippen LogP contribution in [0.5, 0.6) is 0 Å². The molecule has 0 bridgehead atoms. The van der Waals surface area contributed by atoms with E-state index in [1.54, 1.807) is 18.2 Å². The third-order valence-corrected chi connectivity index (χ3v) is 3.14. The molecule has 0 fully saturated rings. The Morgan fingerprint density at radius 1 is 0.885 bits per heavy atom. The van der Waals surface area contributed by atoms with Crippen molar-refractivity contribution >= 4 is 35.0 Å². The molecule has 1 N–H and O–H groups in total. The van der Waals surface area contributed by atoms with Crippen LogP contribution in [-0.4, -0.2) is 21.0 Å². The van der Waals surface area contributed by atoms with E-state index in [9.17, 15) is 30.3 Å². The van der Waals surface area contributed by atoms with E-state index in [0.29, 0.717) is 5.56 Å². The normalized spacial score (nSPS) is 10.9. The zero-order chi connectivity index (χ0) is 19.1. The summed E-state index contributed by atoms with van der Waals surface area (Å²) >= 11 is 0. The number of hydrogen-bond donors (Lipinski definition) is 1. The van der Waals surface area contributed by atoms with Crippen LogP contribution in [0.1, 0.15) is 5.56 Å². The van der Waals surface area contributed by atoms with Crippen LogP contribution in [0.15, 0.2) is 53.6 Å². The maximum Gasteiger partial charge on any atom is 0.301 e. The van der Waals surface area contributed by atoms with Gasteiger partial charge in [0.1, 0.15) is 5.69 Å². The van der Waals surface area contributed by atoms with Crippen LogP contribution >= 0.6 is 0 Å². The average Bonchev–Trinajstić information content (AvgIpc) is 2.61. The van der Waals surface area contributed by atoms with Gasteiger partial charge >= 0.3 is 5.69 Å². The van der Waals surface area contributed by atoms with E-state index >= 15 is 0 Å². The predicted octanol–water partition coefficient (Wildman–Crippen LogP) is 3.52. The molecule has 26 heavy (non-hydrogen) atoms. The van der Waals surface area contributed by atoms with Crippen LogP contribution in [-0.2, 0) is 0 Å². The fourth-order valence-corrected chi connectivity index (χ4v) is 1.97. The highest BCUT2D eigenvalue weighted by Crippen LogP contribution is 2.28. The third-order valence-electron chi connectivity index (χ3n) is 3.14. The Morgan fingerprint density at radius 3 is 2.23 bits per heavy atom. The maximum absolute atomic E-state index is 11.0. The Balaban J connectivity index is 2.13. The van der Waals surface area contributed by atoms with E-state index in [1.165, 1.54) is 30.5 Å². The molecule has 0 saturated carbocycles. The fourth-order valence-electron chi connectivity index (χ4n) is 1.97. The van der Waals surface area contributed by atoms with Crippen molar-refractivity contribution in [3.05, 3.63) is 84.4 Å². The minimum Gasteiger partial charge on any atom is -0.272 e. The third kappa shape index (κ3) is 4.44. The standard InChI is InChI=1S/C15H11N5O6/c21-18(22)12-7-8-13(15(10-12)20(25)26)17-16-9-3-5-11-4-1-2-6-14(11)19(23)24/h1-10,17H. The SMILES string of the molecule is O=[N+]([O-])c1ccc(NN=CC=Cc2ccccc2[N+](=O)[O-])c([N+](=O)[O-])c1. The van der Waals surface area contributed by atoms with Crippen LogP contribution in [0.25, 0.3) is 6.08 Å². The molecule has 0 aliphatic rings. The number of nitro benzene ring substituents is 3. The van der Waals surface area contributed by atoms with E-state index in [-0.39, 0.29) is 11.4 Å². The number of benzene rings is 2. The molecule has 0 atom stereocenters. The molecule has 0 aromatic heterocycles. The number of hydrogen-bond acceptors (Lipinski definition) is 8. The van der Waals surface area contributed by atoms with E-state index in [1.807, 2.05) is 0 Å². The van der Waals surface area contributed by atoms with Crippen LogP contribution in [0.2, 0.25) is 0 Å². The molecule has 2 rings (SSSR count). The highest BCUT2D eigenvalue weighted by atomic mass is 16.6. The van der Waals surface area contributed by atoms with Gasteiger partial charge in [-0.1, -0.05) is 12.1 Å². The second-order valence-electron chi connectivity index (χ2n) is 4.78. The van der Waals surface area contributed by atoms with Crippen molar-refractivity contribution in [1.82, 2.24) is 0 Å². The van der Waals surface area contributed by atoms with Crippen molar-refractivity contribution in [2.45, 2.75) is 0 Å². The molecular weight excluding hydrogens is 346 g/mol. The Kier molecular flexibility index (Phi) is 5.67. The molecule has 0 saturated heterocycles. The lowest BCUT2D eigenvalue weighted by Crippen LogP contribution is -1.98. The fraction of sp³-hybridized carbons (Fsp3) is 0. The number of nitro groups is 3. The van der Waals surface area contributed by atoms with Crippen LogP contribution in [0.3, 0.4) is 0 Å². The number of nitrogens with zero attached hydrogens (tertiary/aromatic N) is 4. The van der Waals surface area contributed by atoms with Gasteiger partial charge in [-0.2, -0.15) is 5.10 Å². The molecule has 0 heterocycles. The smallest absolute Gasteiger partial charge is 0.272 e. The number of rotatable bonds is 7. The minimum atomic E-state index is -0.770. The summed E-state index contributed by atoms with van der Waals surface area (Å²) in [6.07, 6.45) is 4.10. The van der Waals surface area contributed by atoms with Crippen molar-refractivity contribution in [3.8, 4) is 0 Å². The predicted molar refractivity (Wildman–Crippen MR) is 94.0 cm³/mol. The summed E-state index contributed by atoms with van der Waals surface area (Å²) in [6, 6.07) is 9.18. The second kappa shape index (κ2) is 8.10. The van der Waals surface area contributed by atoms with Gasteiger partial charge < -0.3 is 0 Å². The van der Waals surface area contributed by atoms with Crippen molar-refractivity contribution in [2.75, 3.05) is 5.43 Å². The van der Waals surface area contributed by atoms with Crippen molar-refractivity contribution in [1.29, 1.82) is 0 Å². The lowest BCUT2D eigenvalue weighted by molar-refractivity contribution is -0.393. The Hall–Kier alpha value is -4.15. The monoisotopic (exact) mass is 357 g/mol. The molecule has 0 aliphatic heterocycles. The van der Waals surface area contributed by atoms with Crippen LogP contribution < -0.4 is 5.43 Å². The van der Waals surface area contributed by atoms with Gasteiger partial charge in [-0.15, -0.1) is 0 Å². The van der Waals surface area contributed by atoms with Gasteiger partial charge in [-0.3, -0.25) is 35.8 Å². The first-order valence-electron chi connectivity index (χ1n) is 7.02. The number of anilines is 1. The highest BCUT2D eigenvalue weighted by Gasteiger charge is 2.18. The van der Waals surface area contributed by atoms with Crippen molar-refractivity contribution in [2.24, 2.45) is 5.10 Å². The maximum atomic E-state index is 11.0.